The highest BCUT2D eigenvalue weighted by molar-refractivity contribution is 5.98. The summed E-state index contributed by atoms with van der Waals surface area (Å²) in [6, 6.07) is 11.9. The van der Waals surface area contributed by atoms with Crippen LogP contribution in [-0.4, -0.2) is 54.9 Å². The first kappa shape index (κ1) is 22.0. The lowest BCUT2D eigenvalue weighted by atomic mass is 9.90. The van der Waals surface area contributed by atoms with E-state index in [9.17, 15) is 4.79 Å². The number of carbonyl (C=O) groups is 1. The van der Waals surface area contributed by atoms with E-state index in [1.54, 1.807) is 12.4 Å². The predicted molar refractivity (Wildman–Crippen MR) is 132 cm³/mol. The van der Waals surface area contributed by atoms with E-state index >= 15 is 0 Å². The molecule has 8 nitrogen and oxygen atoms in total. The number of carbonyl (C=O) groups excluding carboxylic acids is 1. The SMILES string of the molecule is Cc1ccc(-n2nccn2)c(C(=O)N2CCC[C@@H](C)C2CNc2ncc3c(C)cccc3n2)c1. The molecule has 8 heteroatoms. The number of likely N-dealkylation sites (tertiary alicyclic amines) is 1. The number of fused-ring (bicyclic) bond motifs is 1. The number of hydrogen-bond acceptors (Lipinski definition) is 6. The number of piperidine rings is 1. The van der Waals surface area contributed by atoms with Gasteiger partial charge in [-0.2, -0.15) is 15.0 Å². The molecule has 1 unspecified atom stereocenters. The van der Waals surface area contributed by atoms with Gasteiger partial charge in [-0.15, -0.1) is 0 Å². The second kappa shape index (κ2) is 9.21. The molecule has 1 N–H and O–H groups in total. The third-order valence-electron chi connectivity index (χ3n) is 6.71. The van der Waals surface area contributed by atoms with Crippen LogP contribution in [-0.2, 0) is 0 Å². The Morgan fingerprint density at radius 2 is 1.97 bits per heavy atom. The van der Waals surface area contributed by atoms with E-state index in [4.69, 9.17) is 0 Å². The highest BCUT2D eigenvalue weighted by Crippen LogP contribution is 2.27. The molecule has 0 bridgehead atoms. The third kappa shape index (κ3) is 4.23. The van der Waals surface area contributed by atoms with Crippen molar-refractivity contribution < 1.29 is 4.79 Å². The maximum absolute atomic E-state index is 13.8. The second-order valence-electron chi connectivity index (χ2n) is 9.11. The minimum Gasteiger partial charge on any atom is -0.352 e. The summed E-state index contributed by atoms with van der Waals surface area (Å²) in [7, 11) is 0. The number of rotatable bonds is 5. The summed E-state index contributed by atoms with van der Waals surface area (Å²) < 4.78 is 0. The van der Waals surface area contributed by atoms with Crippen LogP contribution in [0.5, 0.6) is 0 Å². The molecule has 0 saturated carbocycles. The topological polar surface area (TPSA) is 88.8 Å². The smallest absolute Gasteiger partial charge is 0.256 e. The van der Waals surface area contributed by atoms with Gasteiger partial charge in [0.15, 0.2) is 0 Å². The first-order valence-corrected chi connectivity index (χ1v) is 11.8. The summed E-state index contributed by atoms with van der Waals surface area (Å²) in [6.07, 6.45) is 7.17. The Morgan fingerprint density at radius 3 is 2.79 bits per heavy atom. The van der Waals surface area contributed by atoms with E-state index in [1.807, 2.05) is 48.4 Å². The number of benzene rings is 2. The number of aromatic nitrogens is 5. The molecule has 4 aromatic rings. The quantitative estimate of drug-likeness (QED) is 0.486. The van der Waals surface area contributed by atoms with Crippen LogP contribution >= 0.6 is 0 Å². The molecule has 0 aliphatic carbocycles. The molecule has 5 rings (SSSR count). The van der Waals surface area contributed by atoms with Gasteiger partial charge in [0.1, 0.15) is 0 Å². The van der Waals surface area contributed by atoms with Crippen molar-refractivity contribution in [3.8, 4) is 5.69 Å². The largest absolute Gasteiger partial charge is 0.352 e. The average molecular weight is 456 g/mol. The summed E-state index contributed by atoms with van der Waals surface area (Å²) in [5.74, 6) is 0.939. The van der Waals surface area contributed by atoms with Crippen LogP contribution in [0.25, 0.3) is 16.6 Å². The molecule has 2 aromatic heterocycles. The van der Waals surface area contributed by atoms with Gasteiger partial charge in [-0.25, -0.2) is 9.97 Å². The van der Waals surface area contributed by atoms with Crippen molar-refractivity contribution in [3.63, 3.8) is 0 Å². The lowest BCUT2D eigenvalue weighted by molar-refractivity contribution is 0.0539. The molecule has 0 radical (unpaired) electrons. The van der Waals surface area contributed by atoms with Gasteiger partial charge in [0.2, 0.25) is 5.95 Å². The van der Waals surface area contributed by atoms with Gasteiger partial charge in [-0.3, -0.25) is 4.79 Å². The highest BCUT2D eigenvalue weighted by atomic mass is 16.2. The van der Waals surface area contributed by atoms with E-state index in [1.165, 1.54) is 4.80 Å². The predicted octanol–water partition coefficient (Wildman–Crippen LogP) is 4.18. The van der Waals surface area contributed by atoms with Gasteiger partial charge in [0.05, 0.1) is 35.2 Å². The number of nitrogens with one attached hydrogen (secondary N) is 1. The average Bonchev–Trinajstić information content (AvgIpc) is 3.37. The molecule has 3 heterocycles. The van der Waals surface area contributed by atoms with E-state index < -0.39 is 0 Å². The molecular formula is C26H29N7O. The van der Waals surface area contributed by atoms with Crippen LogP contribution in [0.4, 0.5) is 5.95 Å². The first-order chi connectivity index (χ1) is 16.5. The van der Waals surface area contributed by atoms with Crippen molar-refractivity contribution in [2.45, 2.75) is 39.7 Å². The van der Waals surface area contributed by atoms with Gasteiger partial charge in [0.25, 0.3) is 5.91 Å². The Bertz CT molecular complexity index is 1320. The highest BCUT2D eigenvalue weighted by Gasteiger charge is 2.33. The van der Waals surface area contributed by atoms with Crippen molar-refractivity contribution >= 4 is 22.8 Å². The number of nitrogens with zero attached hydrogens (tertiary/aromatic N) is 6. The zero-order valence-electron chi connectivity index (χ0n) is 19.8. The van der Waals surface area contributed by atoms with Crippen molar-refractivity contribution in [1.29, 1.82) is 0 Å². The molecule has 0 spiro atoms. The Balaban J connectivity index is 1.41. The first-order valence-electron chi connectivity index (χ1n) is 11.8. The Hall–Kier alpha value is -3.81. The molecular weight excluding hydrogens is 426 g/mol. The maximum atomic E-state index is 13.8. The van der Waals surface area contributed by atoms with Gasteiger partial charge >= 0.3 is 0 Å². The molecule has 1 fully saturated rings. The van der Waals surface area contributed by atoms with Gasteiger partial charge in [-0.05, 0) is 56.4 Å². The van der Waals surface area contributed by atoms with E-state index in [0.29, 0.717) is 36.2 Å². The van der Waals surface area contributed by atoms with Crippen molar-refractivity contribution in [3.05, 3.63) is 71.7 Å². The molecule has 1 aliphatic heterocycles. The molecule has 174 valence electrons. The fourth-order valence-electron chi connectivity index (χ4n) is 4.78. The Kier molecular flexibility index (Phi) is 5.96. The van der Waals surface area contributed by atoms with Crippen LogP contribution in [0.1, 0.15) is 41.3 Å². The van der Waals surface area contributed by atoms with E-state index in [2.05, 4.69) is 45.4 Å². The second-order valence-corrected chi connectivity index (χ2v) is 9.11. The standard InChI is InChI=1S/C26H29N7O/c1-17-9-10-23(33-29-11-12-30-33)20(14-17)25(34)32-13-5-7-19(3)24(32)16-28-26-27-15-21-18(2)6-4-8-22(21)31-26/h4,6,8-12,14-15,19,24H,5,7,13,16H2,1-3H3,(H,27,28,31)/t19-,24?/m1/s1. The van der Waals surface area contributed by atoms with Crippen molar-refractivity contribution in [1.82, 2.24) is 29.9 Å². The van der Waals surface area contributed by atoms with Crippen LogP contribution in [0.2, 0.25) is 0 Å². The Morgan fingerprint density at radius 1 is 1.15 bits per heavy atom. The third-order valence-corrected chi connectivity index (χ3v) is 6.71. The van der Waals surface area contributed by atoms with Crippen LogP contribution in [0.15, 0.2) is 55.0 Å². The fraction of sp³-hybridized carbons (Fsp3) is 0.346. The molecule has 1 aliphatic rings. The summed E-state index contributed by atoms with van der Waals surface area (Å²) in [6.45, 7) is 7.57. The normalized spacial score (nSPS) is 18.3. The van der Waals surface area contributed by atoms with Gasteiger partial charge in [-0.1, -0.05) is 30.7 Å². The monoisotopic (exact) mass is 455 g/mol. The van der Waals surface area contributed by atoms with Crippen molar-refractivity contribution in [2.24, 2.45) is 5.92 Å². The molecule has 2 atom stereocenters. The summed E-state index contributed by atoms with van der Waals surface area (Å²) >= 11 is 0. The van der Waals surface area contributed by atoms with Crippen LogP contribution in [0, 0.1) is 19.8 Å². The molecule has 34 heavy (non-hydrogen) atoms. The number of amides is 1. The number of anilines is 1. The van der Waals surface area contributed by atoms with Crippen LogP contribution in [0.3, 0.4) is 0 Å². The molecule has 1 saturated heterocycles. The van der Waals surface area contributed by atoms with Gasteiger partial charge < -0.3 is 10.2 Å². The maximum Gasteiger partial charge on any atom is 0.256 e. The van der Waals surface area contributed by atoms with Crippen molar-refractivity contribution in [2.75, 3.05) is 18.4 Å². The van der Waals surface area contributed by atoms with E-state index in [0.717, 1.165) is 34.9 Å². The molecule has 2 aromatic carbocycles. The summed E-state index contributed by atoms with van der Waals surface area (Å²) in [4.78, 5) is 26.6. The zero-order valence-corrected chi connectivity index (χ0v) is 19.8. The van der Waals surface area contributed by atoms with Crippen LogP contribution < -0.4 is 5.32 Å². The number of hydrogen-bond donors (Lipinski definition) is 1. The van der Waals surface area contributed by atoms with E-state index in [-0.39, 0.29) is 11.9 Å². The zero-order chi connectivity index (χ0) is 23.7. The minimum atomic E-state index is 0.00408. The summed E-state index contributed by atoms with van der Waals surface area (Å²) in [5.41, 5.74) is 4.41. The lowest BCUT2D eigenvalue weighted by Crippen LogP contribution is -2.51. The van der Waals surface area contributed by atoms with Gasteiger partial charge in [0, 0.05) is 24.7 Å². The minimum absolute atomic E-state index is 0.00408. The fourth-order valence-corrected chi connectivity index (χ4v) is 4.78. The lowest BCUT2D eigenvalue weighted by Gasteiger charge is -2.40. The summed E-state index contributed by atoms with van der Waals surface area (Å²) in [5, 5.41) is 13.0. The number of aryl methyl sites for hydroxylation is 2. The Labute approximate surface area is 199 Å². The molecule has 1 amide bonds.